The monoisotopic (exact) mass is 339 g/mol. The molecule has 2 nitrogen and oxygen atoms in total. The number of alkyl halides is 1. The normalized spacial score (nSPS) is 10.5. The number of aryl methyl sites for hydroxylation is 2. The Labute approximate surface area is 126 Å². The maximum absolute atomic E-state index is 6.17. The number of nitrogens with zero attached hydrogens (tertiary/aromatic N) is 1. The topological polar surface area (TPSA) is 22.1 Å². The van der Waals surface area contributed by atoms with Crippen molar-refractivity contribution in [2.24, 2.45) is 0 Å². The first-order valence-electron chi connectivity index (χ1n) is 6.12. The molecule has 0 radical (unpaired) electrons. The first kappa shape index (κ1) is 14.4. The summed E-state index contributed by atoms with van der Waals surface area (Å²) >= 11 is 9.56. The lowest BCUT2D eigenvalue weighted by atomic mass is 10.2. The third-order valence-corrected chi connectivity index (χ3v) is 3.76. The number of hydrogen-bond acceptors (Lipinski definition) is 2. The Bertz CT molecular complexity index is 586. The zero-order valence-electron chi connectivity index (χ0n) is 10.9. The van der Waals surface area contributed by atoms with Crippen molar-refractivity contribution in [1.82, 2.24) is 4.98 Å². The second kappa shape index (κ2) is 6.40. The maximum atomic E-state index is 6.17. The van der Waals surface area contributed by atoms with Gasteiger partial charge in [0.2, 0.25) is 0 Å². The summed E-state index contributed by atoms with van der Waals surface area (Å²) in [7, 11) is 0. The summed E-state index contributed by atoms with van der Waals surface area (Å²) < 4.78 is 5.87. The molecule has 100 valence electrons. The SMILES string of the molecule is CCc1nc(C)ccc1Oc1ccc(CBr)c(Cl)c1. The Hall–Kier alpha value is -1.06. The maximum Gasteiger partial charge on any atom is 0.148 e. The number of benzene rings is 1. The Morgan fingerprint density at radius 2 is 2.05 bits per heavy atom. The molecule has 0 fully saturated rings. The minimum atomic E-state index is 0.701. The van der Waals surface area contributed by atoms with Crippen LogP contribution >= 0.6 is 27.5 Å². The van der Waals surface area contributed by atoms with Gasteiger partial charge in [0.05, 0.1) is 5.69 Å². The van der Waals surface area contributed by atoms with Crippen molar-refractivity contribution in [3.8, 4) is 11.5 Å². The van der Waals surface area contributed by atoms with E-state index >= 15 is 0 Å². The number of ether oxygens (including phenoxy) is 1. The van der Waals surface area contributed by atoms with E-state index in [9.17, 15) is 0 Å². The summed E-state index contributed by atoms with van der Waals surface area (Å²) in [5, 5.41) is 1.44. The van der Waals surface area contributed by atoms with Crippen LogP contribution in [-0.4, -0.2) is 4.98 Å². The van der Waals surface area contributed by atoms with Crippen LogP contribution in [0.25, 0.3) is 0 Å². The fraction of sp³-hybridized carbons (Fsp3) is 0.267. The van der Waals surface area contributed by atoms with Crippen LogP contribution in [0.15, 0.2) is 30.3 Å². The molecule has 0 atom stereocenters. The average molecular weight is 341 g/mol. The van der Waals surface area contributed by atoms with Gasteiger partial charge in [-0.2, -0.15) is 0 Å². The van der Waals surface area contributed by atoms with Gasteiger partial charge in [-0.1, -0.05) is 40.5 Å². The van der Waals surface area contributed by atoms with Gasteiger partial charge in [0, 0.05) is 16.0 Å². The molecule has 2 aromatic rings. The van der Waals surface area contributed by atoms with Crippen molar-refractivity contribution in [3.05, 3.63) is 52.3 Å². The van der Waals surface area contributed by atoms with Crippen molar-refractivity contribution < 1.29 is 4.74 Å². The summed E-state index contributed by atoms with van der Waals surface area (Å²) in [5.74, 6) is 1.52. The predicted octanol–water partition coefficient (Wildman–Crippen LogP) is 5.29. The molecule has 0 bridgehead atoms. The molecule has 2 rings (SSSR count). The molecule has 0 saturated carbocycles. The summed E-state index contributed by atoms with van der Waals surface area (Å²) in [6.45, 7) is 4.04. The van der Waals surface area contributed by atoms with E-state index < -0.39 is 0 Å². The van der Waals surface area contributed by atoms with E-state index in [0.29, 0.717) is 5.02 Å². The molecule has 1 aromatic carbocycles. The fourth-order valence-electron chi connectivity index (χ4n) is 1.77. The third-order valence-electron chi connectivity index (χ3n) is 2.80. The van der Waals surface area contributed by atoms with Crippen molar-refractivity contribution in [2.75, 3.05) is 0 Å². The molecule has 19 heavy (non-hydrogen) atoms. The molecule has 0 saturated heterocycles. The average Bonchev–Trinajstić information content (AvgIpc) is 2.41. The van der Waals surface area contributed by atoms with Crippen molar-refractivity contribution >= 4 is 27.5 Å². The standard InChI is InChI=1S/C15H15BrClNO/c1-3-14-15(7-4-10(2)18-14)19-12-6-5-11(9-16)13(17)8-12/h4-8H,3,9H2,1-2H3. The van der Waals surface area contributed by atoms with Crippen LogP contribution in [0.3, 0.4) is 0 Å². The number of pyridine rings is 1. The molecule has 0 unspecified atom stereocenters. The Morgan fingerprint density at radius 1 is 1.26 bits per heavy atom. The molecule has 1 aromatic heterocycles. The van der Waals surface area contributed by atoms with Crippen LogP contribution in [0.1, 0.15) is 23.9 Å². The molecule has 0 N–H and O–H groups in total. The van der Waals surface area contributed by atoms with Crippen LogP contribution in [0.4, 0.5) is 0 Å². The summed E-state index contributed by atoms with van der Waals surface area (Å²) in [6, 6.07) is 9.61. The minimum absolute atomic E-state index is 0.701. The zero-order chi connectivity index (χ0) is 13.8. The van der Waals surface area contributed by atoms with Crippen molar-refractivity contribution in [1.29, 1.82) is 0 Å². The van der Waals surface area contributed by atoms with Crippen LogP contribution in [0.2, 0.25) is 5.02 Å². The van der Waals surface area contributed by atoms with Crippen LogP contribution in [0, 0.1) is 6.92 Å². The highest BCUT2D eigenvalue weighted by Crippen LogP contribution is 2.29. The van der Waals surface area contributed by atoms with Gasteiger partial charge >= 0.3 is 0 Å². The fourth-order valence-corrected chi connectivity index (χ4v) is 2.66. The van der Waals surface area contributed by atoms with E-state index in [1.54, 1.807) is 0 Å². The van der Waals surface area contributed by atoms with Gasteiger partial charge in [-0.05, 0) is 43.2 Å². The lowest BCUT2D eigenvalue weighted by Crippen LogP contribution is -1.96. The Kier molecular flexibility index (Phi) is 4.83. The number of hydrogen-bond donors (Lipinski definition) is 0. The first-order chi connectivity index (χ1) is 9.13. The van der Waals surface area contributed by atoms with Gasteiger partial charge in [-0.3, -0.25) is 4.98 Å². The second-order valence-electron chi connectivity index (χ2n) is 4.24. The van der Waals surface area contributed by atoms with Crippen molar-refractivity contribution in [3.63, 3.8) is 0 Å². The summed E-state index contributed by atoms with van der Waals surface area (Å²) in [5.41, 5.74) is 3.00. The molecular weight excluding hydrogens is 326 g/mol. The summed E-state index contributed by atoms with van der Waals surface area (Å²) in [6.07, 6.45) is 0.838. The third kappa shape index (κ3) is 3.48. The van der Waals surface area contributed by atoms with E-state index in [1.807, 2.05) is 37.3 Å². The molecule has 0 aliphatic carbocycles. The van der Waals surface area contributed by atoms with Gasteiger partial charge in [-0.25, -0.2) is 0 Å². The zero-order valence-corrected chi connectivity index (χ0v) is 13.3. The Balaban J connectivity index is 2.28. The van der Waals surface area contributed by atoms with Crippen molar-refractivity contribution in [2.45, 2.75) is 25.6 Å². The molecule has 0 amide bonds. The largest absolute Gasteiger partial charge is 0.455 e. The molecule has 1 heterocycles. The highest BCUT2D eigenvalue weighted by molar-refractivity contribution is 9.08. The number of halogens is 2. The predicted molar refractivity (Wildman–Crippen MR) is 82.5 cm³/mol. The van der Waals surface area contributed by atoms with Gasteiger partial charge in [0.15, 0.2) is 0 Å². The lowest BCUT2D eigenvalue weighted by molar-refractivity contribution is 0.472. The van der Waals surface area contributed by atoms with Crippen LogP contribution in [-0.2, 0) is 11.8 Å². The smallest absolute Gasteiger partial charge is 0.148 e. The molecule has 0 spiro atoms. The summed E-state index contributed by atoms with van der Waals surface area (Å²) in [4.78, 5) is 4.48. The second-order valence-corrected chi connectivity index (χ2v) is 5.21. The van der Waals surface area contributed by atoms with Gasteiger partial charge < -0.3 is 4.74 Å². The molecule has 0 aliphatic rings. The van der Waals surface area contributed by atoms with Gasteiger partial charge in [0.25, 0.3) is 0 Å². The highest BCUT2D eigenvalue weighted by Gasteiger charge is 2.07. The van der Waals surface area contributed by atoms with Crippen LogP contribution < -0.4 is 4.74 Å². The number of aromatic nitrogens is 1. The minimum Gasteiger partial charge on any atom is -0.455 e. The Morgan fingerprint density at radius 3 is 2.68 bits per heavy atom. The van der Waals surface area contributed by atoms with Gasteiger partial charge in [0.1, 0.15) is 11.5 Å². The van der Waals surface area contributed by atoms with E-state index in [-0.39, 0.29) is 0 Å². The van der Waals surface area contributed by atoms with E-state index in [0.717, 1.165) is 40.2 Å². The van der Waals surface area contributed by atoms with Gasteiger partial charge in [-0.15, -0.1) is 0 Å². The van der Waals surface area contributed by atoms with E-state index in [4.69, 9.17) is 16.3 Å². The molecular formula is C15H15BrClNO. The molecule has 0 aliphatic heterocycles. The van der Waals surface area contributed by atoms with E-state index in [2.05, 4.69) is 27.8 Å². The highest BCUT2D eigenvalue weighted by atomic mass is 79.9. The van der Waals surface area contributed by atoms with Crippen LogP contribution in [0.5, 0.6) is 11.5 Å². The lowest BCUT2D eigenvalue weighted by Gasteiger charge is -2.11. The first-order valence-corrected chi connectivity index (χ1v) is 7.62. The quantitative estimate of drug-likeness (QED) is 0.705. The number of rotatable bonds is 4. The van der Waals surface area contributed by atoms with E-state index in [1.165, 1.54) is 0 Å². The molecule has 4 heteroatoms.